The molecule has 1 heterocycles. The molecule has 0 spiro atoms. The van der Waals surface area contributed by atoms with Gasteiger partial charge in [-0.3, -0.25) is 9.59 Å². The number of carbonyl (C=O) groups is 2. The van der Waals surface area contributed by atoms with Crippen LogP contribution in [0.1, 0.15) is 44.5 Å². The van der Waals surface area contributed by atoms with Crippen molar-refractivity contribution in [2.75, 3.05) is 37.6 Å². The first kappa shape index (κ1) is 23.4. The number of nitrogens with one attached hydrogen (secondary N) is 1. The van der Waals surface area contributed by atoms with Gasteiger partial charge in [-0.05, 0) is 56.5 Å². The number of rotatable bonds is 7. The summed E-state index contributed by atoms with van der Waals surface area (Å²) in [6.07, 6.45) is 0.862. The molecule has 0 atom stereocenters. The van der Waals surface area contributed by atoms with E-state index in [2.05, 4.69) is 19.2 Å². The number of benzene rings is 2. The second-order valence-corrected chi connectivity index (χ2v) is 9.01. The molecule has 2 aromatic carbocycles. The molecule has 2 aromatic rings. The minimum atomic E-state index is -0.643. The van der Waals surface area contributed by atoms with Crippen LogP contribution in [0.2, 0.25) is 0 Å². The Morgan fingerprint density at radius 2 is 1.91 bits per heavy atom. The number of hydrogen-bond acceptors (Lipinski definition) is 5. The number of amides is 2. The standard InChI is InChI=1S/C25H32N2O5/c1-16(2)11-12-27-20-13-17(7-10-21(20)32-15-25(3,4)24(27)29)26-23(28)19-9-8-18(30-5)14-22(19)31-6/h7-10,13-14,16H,11-12,15H2,1-6H3,(H,26,28). The first-order valence-corrected chi connectivity index (χ1v) is 10.8. The number of ether oxygens (including phenoxy) is 3. The average Bonchev–Trinajstić information content (AvgIpc) is 2.86. The molecule has 2 amide bonds. The summed E-state index contributed by atoms with van der Waals surface area (Å²) in [5.74, 6) is 1.78. The molecule has 0 fully saturated rings. The third kappa shape index (κ3) is 4.98. The lowest BCUT2D eigenvalue weighted by Gasteiger charge is -2.28. The molecule has 0 radical (unpaired) electrons. The van der Waals surface area contributed by atoms with Gasteiger partial charge < -0.3 is 24.4 Å². The number of methoxy groups -OCH3 is 2. The molecule has 0 aromatic heterocycles. The van der Waals surface area contributed by atoms with Crippen molar-refractivity contribution in [1.82, 2.24) is 0 Å². The molecule has 172 valence electrons. The van der Waals surface area contributed by atoms with Crippen molar-refractivity contribution in [3.05, 3.63) is 42.0 Å². The van der Waals surface area contributed by atoms with Crippen LogP contribution in [-0.4, -0.2) is 39.2 Å². The van der Waals surface area contributed by atoms with Gasteiger partial charge in [-0.2, -0.15) is 0 Å². The summed E-state index contributed by atoms with van der Waals surface area (Å²) in [6, 6.07) is 10.4. The molecular formula is C25H32N2O5. The fraction of sp³-hybridized carbons (Fsp3) is 0.440. The second-order valence-electron chi connectivity index (χ2n) is 9.01. The van der Waals surface area contributed by atoms with Crippen LogP contribution in [0.15, 0.2) is 36.4 Å². The Bertz CT molecular complexity index is 1000. The molecular weight excluding hydrogens is 408 g/mol. The van der Waals surface area contributed by atoms with Gasteiger partial charge in [0.25, 0.3) is 5.91 Å². The Kier molecular flexibility index (Phi) is 6.96. The van der Waals surface area contributed by atoms with Crippen molar-refractivity contribution in [2.24, 2.45) is 11.3 Å². The van der Waals surface area contributed by atoms with E-state index in [4.69, 9.17) is 14.2 Å². The Morgan fingerprint density at radius 3 is 2.56 bits per heavy atom. The van der Waals surface area contributed by atoms with Crippen molar-refractivity contribution in [3.63, 3.8) is 0 Å². The van der Waals surface area contributed by atoms with Gasteiger partial charge in [0, 0.05) is 18.3 Å². The van der Waals surface area contributed by atoms with E-state index in [9.17, 15) is 9.59 Å². The van der Waals surface area contributed by atoms with Crippen LogP contribution >= 0.6 is 0 Å². The smallest absolute Gasteiger partial charge is 0.259 e. The van der Waals surface area contributed by atoms with E-state index in [0.717, 1.165) is 6.42 Å². The highest BCUT2D eigenvalue weighted by Crippen LogP contribution is 2.39. The van der Waals surface area contributed by atoms with Gasteiger partial charge in [0.15, 0.2) is 0 Å². The zero-order valence-corrected chi connectivity index (χ0v) is 19.7. The van der Waals surface area contributed by atoms with Crippen molar-refractivity contribution >= 4 is 23.2 Å². The Hall–Kier alpha value is -3.22. The van der Waals surface area contributed by atoms with Crippen LogP contribution in [0.25, 0.3) is 0 Å². The largest absolute Gasteiger partial charge is 0.497 e. The Balaban J connectivity index is 1.92. The van der Waals surface area contributed by atoms with Gasteiger partial charge >= 0.3 is 0 Å². The zero-order valence-electron chi connectivity index (χ0n) is 19.7. The molecule has 1 aliphatic heterocycles. The van der Waals surface area contributed by atoms with Gasteiger partial charge in [0.1, 0.15) is 23.9 Å². The monoisotopic (exact) mass is 440 g/mol. The fourth-order valence-electron chi connectivity index (χ4n) is 3.52. The maximum atomic E-state index is 13.3. The van der Waals surface area contributed by atoms with Crippen LogP contribution in [0.5, 0.6) is 17.2 Å². The van der Waals surface area contributed by atoms with E-state index in [1.54, 1.807) is 48.4 Å². The summed E-state index contributed by atoms with van der Waals surface area (Å²) in [5.41, 5.74) is 0.974. The molecule has 0 aliphatic carbocycles. The van der Waals surface area contributed by atoms with Crippen molar-refractivity contribution in [2.45, 2.75) is 34.1 Å². The van der Waals surface area contributed by atoms with E-state index in [1.165, 1.54) is 7.11 Å². The highest BCUT2D eigenvalue weighted by Gasteiger charge is 2.37. The number of hydrogen-bond donors (Lipinski definition) is 1. The molecule has 0 saturated heterocycles. The first-order chi connectivity index (χ1) is 15.2. The minimum absolute atomic E-state index is 0.0113. The van der Waals surface area contributed by atoms with Crippen molar-refractivity contribution in [1.29, 1.82) is 0 Å². The first-order valence-electron chi connectivity index (χ1n) is 10.8. The summed E-state index contributed by atoms with van der Waals surface area (Å²) in [6.45, 7) is 8.92. The Labute approximate surface area is 189 Å². The van der Waals surface area contributed by atoms with Crippen molar-refractivity contribution < 1.29 is 23.8 Å². The summed E-state index contributed by atoms with van der Waals surface area (Å²) in [7, 11) is 3.06. The van der Waals surface area contributed by atoms with Crippen LogP contribution in [0.3, 0.4) is 0 Å². The van der Waals surface area contributed by atoms with E-state index < -0.39 is 5.41 Å². The summed E-state index contributed by atoms with van der Waals surface area (Å²) < 4.78 is 16.5. The van der Waals surface area contributed by atoms with E-state index in [-0.39, 0.29) is 11.8 Å². The van der Waals surface area contributed by atoms with Gasteiger partial charge in [-0.1, -0.05) is 13.8 Å². The van der Waals surface area contributed by atoms with Gasteiger partial charge in [-0.25, -0.2) is 0 Å². The fourth-order valence-corrected chi connectivity index (χ4v) is 3.52. The van der Waals surface area contributed by atoms with E-state index in [1.807, 2.05) is 13.8 Å². The molecule has 7 nitrogen and oxygen atoms in total. The van der Waals surface area contributed by atoms with Gasteiger partial charge in [0.05, 0.1) is 30.9 Å². The SMILES string of the molecule is COc1ccc(C(=O)Nc2ccc3c(c2)N(CCC(C)C)C(=O)C(C)(C)CO3)c(OC)c1. The van der Waals surface area contributed by atoms with Crippen LogP contribution in [-0.2, 0) is 4.79 Å². The van der Waals surface area contributed by atoms with Crippen LogP contribution in [0, 0.1) is 11.3 Å². The van der Waals surface area contributed by atoms with Crippen molar-refractivity contribution in [3.8, 4) is 17.2 Å². The number of anilines is 2. The molecule has 0 unspecified atom stereocenters. The Morgan fingerprint density at radius 1 is 1.16 bits per heavy atom. The molecule has 3 rings (SSSR count). The number of fused-ring (bicyclic) bond motifs is 1. The van der Waals surface area contributed by atoms with Gasteiger partial charge in [0.2, 0.25) is 5.91 Å². The third-order valence-electron chi connectivity index (χ3n) is 5.50. The predicted octanol–water partition coefficient (Wildman–Crippen LogP) is 4.75. The molecule has 0 saturated carbocycles. The topological polar surface area (TPSA) is 77.1 Å². The highest BCUT2D eigenvalue weighted by molar-refractivity contribution is 6.07. The average molecular weight is 441 g/mol. The predicted molar refractivity (Wildman–Crippen MR) is 125 cm³/mol. The van der Waals surface area contributed by atoms with Gasteiger partial charge in [-0.15, -0.1) is 0 Å². The number of nitrogens with zero attached hydrogens (tertiary/aromatic N) is 1. The maximum Gasteiger partial charge on any atom is 0.259 e. The summed E-state index contributed by atoms with van der Waals surface area (Å²) >= 11 is 0. The highest BCUT2D eigenvalue weighted by atomic mass is 16.5. The molecule has 1 N–H and O–H groups in total. The lowest BCUT2D eigenvalue weighted by atomic mass is 9.92. The minimum Gasteiger partial charge on any atom is -0.497 e. The lowest BCUT2D eigenvalue weighted by Crippen LogP contribution is -2.42. The van der Waals surface area contributed by atoms with E-state index in [0.29, 0.717) is 53.3 Å². The zero-order chi connectivity index (χ0) is 23.5. The molecule has 0 bridgehead atoms. The third-order valence-corrected chi connectivity index (χ3v) is 5.50. The normalized spacial score (nSPS) is 15.0. The molecule has 32 heavy (non-hydrogen) atoms. The molecule has 7 heteroatoms. The second kappa shape index (κ2) is 9.51. The molecule has 1 aliphatic rings. The lowest BCUT2D eigenvalue weighted by molar-refractivity contribution is -0.127. The van der Waals surface area contributed by atoms with Crippen LogP contribution in [0.4, 0.5) is 11.4 Å². The van der Waals surface area contributed by atoms with E-state index >= 15 is 0 Å². The maximum absolute atomic E-state index is 13.3. The number of carbonyl (C=O) groups excluding carboxylic acids is 2. The summed E-state index contributed by atoms with van der Waals surface area (Å²) in [5, 5.41) is 2.91. The van der Waals surface area contributed by atoms with Crippen LogP contribution < -0.4 is 24.4 Å². The quantitative estimate of drug-likeness (QED) is 0.672. The summed E-state index contributed by atoms with van der Waals surface area (Å²) in [4.78, 5) is 28.0.